The average molecular weight is 369 g/mol. The molecule has 1 aromatic heterocycles. The molecule has 0 amide bonds. The molecule has 0 saturated carbocycles. The summed E-state index contributed by atoms with van der Waals surface area (Å²) in [5, 5.41) is 11.8. The first-order valence-electron chi connectivity index (χ1n) is 7.78. The van der Waals surface area contributed by atoms with Crippen LogP contribution in [0.3, 0.4) is 0 Å². The van der Waals surface area contributed by atoms with Crippen molar-refractivity contribution in [2.24, 2.45) is 4.99 Å². The summed E-state index contributed by atoms with van der Waals surface area (Å²) in [6.45, 7) is 6.66. The minimum atomic E-state index is -0.0260. The van der Waals surface area contributed by atoms with Crippen LogP contribution in [0, 0.1) is 0 Å². The Labute approximate surface area is 152 Å². The van der Waals surface area contributed by atoms with Crippen LogP contribution in [0.2, 0.25) is 10.0 Å². The summed E-state index contributed by atoms with van der Waals surface area (Å²) in [5.74, 6) is 1.75. The van der Waals surface area contributed by atoms with Gasteiger partial charge in [-0.2, -0.15) is 0 Å². The lowest BCUT2D eigenvalue weighted by Gasteiger charge is -2.19. The lowest BCUT2D eigenvalue weighted by molar-refractivity contribution is 0.371. The summed E-state index contributed by atoms with van der Waals surface area (Å²) >= 11 is 12.2. The first-order chi connectivity index (χ1) is 11.4. The van der Waals surface area contributed by atoms with E-state index in [1.54, 1.807) is 13.1 Å². The maximum Gasteiger partial charge on any atom is 0.191 e. The maximum absolute atomic E-state index is 6.25. The van der Waals surface area contributed by atoms with E-state index in [0.29, 0.717) is 28.5 Å². The van der Waals surface area contributed by atoms with E-state index < -0.39 is 0 Å². The van der Waals surface area contributed by atoms with Gasteiger partial charge in [0, 0.05) is 23.2 Å². The predicted molar refractivity (Wildman–Crippen MR) is 98.8 cm³/mol. The van der Waals surface area contributed by atoms with Crippen LogP contribution in [0.15, 0.2) is 33.8 Å². The third-order valence-electron chi connectivity index (χ3n) is 3.60. The second kappa shape index (κ2) is 8.40. The molecule has 2 N–H and O–H groups in total. The lowest BCUT2D eigenvalue weighted by atomic mass is 10.1. The van der Waals surface area contributed by atoms with Crippen molar-refractivity contribution < 1.29 is 4.52 Å². The molecule has 2 aromatic rings. The number of aliphatic imine (C=N–C) groups is 1. The van der Waals surface area contributed by atoms with Crippen molar-refractivity contribution in [1.29, 1.82) is 0 Å². The molecule has 0 spiro atoms. The quantitative estimate of drug-likeness (QED) is 0.600. The van der Waals surface area contributed by atoms with E-state index in [2.05, 4.69) is 34.6 Å². The lowest BCUT2D eigenvalue weighted by Crippen LogP contribution is -2.38. The van der Waals surface area contributed by atoms with Crippen LogP contribution in [0.4, 0.5) is 0 Å². The Balaban J connectivity index is 1.96. The molecule has 0 aliphatic carbocycles. The molecule has 1 atom stereocenters. The molecule has 1 unspecified atom stereocenters. The van der Waals surface area contributed by atoms with Crippen molar-refractivity contribution >= 4 is 29.2 Å². The fraction of sp³-hybridized carbons (Fsp3) is 0.412. The van der Waals surface area contributed by atoms with Gasteiger partial charge in [-0.25, -0.2) is 0 Å². The number of aromatic nitrogens is 1. The summed E-state index contributed by atoms with van der Waals surface area (Å²) in [5.41, 5.74) is 1.89. The second-order valence-corrected chi connectivity index (χ2v) is 6.67. The van der Waals surface area contributed by atoms with Crippen molar-refractivity contribution in [1.82, 2.24) is 15.8 Å². The Morgan fingerprint density at radius 3 is 2.58 bits per heavy atom. The molecule has 0 aliphatic heterocycles. The van der Waals surface area contributed by atoms with Crippen LogP contribution in [0.25, 0.3) is 0 Å². The predicted octanol–water partition coefficient (Wildman–Crippen LogP) is 4.53. The standard InChI is InChI=1S/C17H22Cl2N4O/c1-10(2)16-8-13(24-23-16)9-21-17(20-4)22-11(3)14-6-5-12(18)7-15(14)19/h5-8,10-11H,9H2,1-4H3,(H2,20,21,22). The molecule has 0 saturated heterocycles. The highest BCUT2D eigenvalue weighted by Gasteiger charge is 2.13. The van der Waals surface area contributed by atoms with E-state index in [9.17, 15) is 0 Å². The third-order valence-corrected chi connectivity index (χ3v) is 4.17. The molecule has 0 aliphatic rings. The van der Waals surface area contributed by atoms with Gasteiger partial charge in [0.25, 0.3) is 0 Å². The molecule has 0 fully saturated rings. The molecule has 5 nitrogen and oxygen atoms in total. The topological polar surface area (TPSA) is 62.5 Å². The Kier molecular flexibility index (Phi) is 6.52. The first-order valence-corrected chi connectivity index (χ1v) is 8.54. The van der Waals surface area contributed by atoms with E-state index in [-0.39, 0.29) is 6.04 Å². The molecule has 2 rings (SSSR count). The molecule has 0 bridgehead atoms. The van der Waals surface area contributed by atoms with Gasteiger partial charge in [-0.3, -0.25) is 4.99 Å². The van der Waals surface area contributed by atoms with Crippen LogP contribution in [-0.2, 0) is 6.54 Å². The van der Waals surface area contributed by atoms with E-state index in [1.165, 1.54) is 0 Å². The van der Waals surface area contributed by atoms with E-state index in [4.69, 9.17) is 27.7 Å². The minimum Gasteiger partial charge on any atom is -0.359 e. The van der Waals surface area contributed by atoms with Crippen molar-refractivity contribution in [3.05, 3.63) is 51.3 Å². The van der Waals surface area contributed by atoms with E-state index >= 15 is 0 Å². The minimum absolute atomic E-state index is 0.0260. The van der Waals surface area contributed by atoms with Gasteiger partial charge in [0.15, 0.2) is 11.7 Å². The highest BCUT2D eigenvalue weighted by Crippen LogP contribution is 2.26. The zero-order valence-electron chi connectivity index (χ0n) is 14.2. The van der Waals surface area contributed by atoms with Gasteiger partial charge in [-0.15, -0.1) is 0 Å². The van der Waals surface area contributed by atoms with Crippen molar-refractivity contribution in [2.45, 2.75) is 39.3 Å². The Morgan fingerprint density at radius 1 is 1.25 bits per heavy atom. The Morgan fingerprint density at radius 2 is 2.00 bits per heavy atom. The van der Waals surface area contributed by atoms with Crippen LogP contribution in [0.1, 0.15) is 49.7 Å². The van der Waals surface area contributed by atoms with Gasteiger partial charge in [0.05, 0.1) is 18.3 Å². The largest absolute Gasteiger partial charge is 0.359 e. The number of nitrogens with one attached hydrogen (secondary N) is 2. The summed E-state index contributed by atoms with van der Waals surface area (Å²) in [6, 6.07) is 7.38. The number of rotatable bonds is 5. The summed E-state index contributed by atoms with van der Waals surface area (Å²) in [7, 11) is 1.71. The van der Waals surface area contributed by atoms with Gasteiger partial charge in [0.1, 0.15) is 0 Å². The number of benzene rings is 1. The molecule has 1 heterocycles. The van der Waals surface area contributed by atoms with Gasteiger partial charge in [0.2, 0.25) is 0 Å². The van der Waals surface area contributed by atoms with Crippen LogP contribution in [-0.4, -0.2) is 18.2 Å². The van der Waals surface area contributed by atoms with E-state index in [1.807, 2.05) is 25.1 Å². The first kappa shape index (κ1) is 18.6. The van der Waals surface area contributed by atoms with E-state index in [0.717, 1.165) is 17.0 Å². The Hall–Kier alpha value is -1.72. The monoisotopic (exact) mass is 368 g/mol. The van der Waals surface area contributed by atoms with Gasteiger partial charge in [-0.1, -0.05) is 48.3 Å². The summed E-state index contributed by atoms with van der Waals surface area (Å²) in [6.07, 6.45) is 0. The molecule has 7 heteroatoms. The molecular formula is C17H22Cl2N4O. The van der Waals surface area contributed by atoms with Crippen LogP contribution in [0.5, 0.6) is 0 Å². The maximum atomic E-state index is 6.25. The molecule has 0 radical (unpaired) electrons. The van der Waals surface area contributed by atoms with Crippen molar-refractivity contribution in [2.75, 3.05) is 7.05 Å². The van der Waals surface area contributed by atoms with Crippen molar-refractivity contribution in [3.8, 4) is 0 Å². The van der Waals surface area contributed by atoms with Gasteiger partial charge in [-0.05, 0) is 30.5 Å². The third kappa shape index (κ3) is 4.89. The van der Waals surface area contributed by atoms with Crippen LogP contribution >= 0.6 is 23.2 Å². The molecular weight excluding hydrogens is 347 g/mol. The number of halogens is 2. The molecule has 130 valence electrons. The van der Waals surface area contributed by atoms with Gasteiger partial charge >= 0.3 is 0 Å². The average Bonchev–Trinajstić information content (AvgIpc) is 3.00. The smallest absolute Gasteiger partial charge is 0.191 e. The fourth-order valence-corrected chi connectivity index (χ4v) is 2.76. The van der Waals surface area contributed by atoms with Crippen LogP contribution < -0.4 is 10.6 Å². The number of hydrogen-bond acceptors (Lipinski definition) is 3. The number of guanidine groups is 1. The van der Waals surface area contributed by atoms with Gasteiger partial charge < -0.3 is 15.2 Å². The summed E-state index contributed by atoms with van der Waals surface area (Å²) < 4.78 is 5.31. The summed E-state index contributed by atoms with van der Waals surface area (Å²) in [4.78, 5) is 4.22. The molecule has 24 heavy (non-hydrogen) atoms. The number of nitrogens with zero attached hydrogens (tertiary/aromatic N) is 2. The zero-order chi connectivity index (χ0) is 17.7. The normalized spacial score (nSPS) is 13.2. The molecule has 1 aromatic carbocycles. The zero-order valence-corrected chi connectivity index (χ0v) is 15.7. The highest BCUT2D eigenvalue weighted by atomic mass is 35.5. The highest BCUT2D eigenvalue weighted by molar-refractivity contribution is 6.35. The SMILES string of the molecule is CN=C(NCc1cc(C(C)C)no1)NC(C)c1ccc(Cl)cc1Cl. The number of hydrogen-bond donors (Lipinski definition) is 2. The Bertz CT molecular complexity index is 712. The van der Waals surface area contributed by atoms with Crippen molar-refractivity contribution in [3.63, 3.8) is 0 Å². The fourth-order valence-electron chi connectivity index (χ4n) is 2.19. The second-order valence-electron chi connectivity index (χ2n) is 5.83.